The summed E-state index contributed by atoms with van der Waals surface area (Å²) in [6.45, 7) is 5.61. The molecular formula is C31H30ClFN8O3S2. The number of hydrogen-bond donors (Lipinski definition) is 3. The number of H-pyrrole nitrogens is 1. The maximum atomic E-state index is 13.2. The monoisotopic (exact) mass is 680 g/mol. The Labute approximate surface area is 275 Å². The molecule has 0 amide bonds. The van der Waals surface area contributed by atoms with E-state index in [1.165, 1.54) is 36.4 Å². The number of ether oxygens (including phenoxy) is 1. The van der Waals surface area contributed by atoms with Gasteiger partial charge in [0, 0.05) is 61.5 Å². The molecule has 7 rings (SSSR count). The molecule has 2 aromatic heterocycles. The lowest BCUT2D eigenvalue weighted by molar-refractivity contribution is 0.122. The Kier molecular flexibility index (Phi) is 8.27. The van der Waals surface area contributed by atoms with E-state index in [0.29, 0.717) is 55.2 Å². The molecule has 2 aliphatic rings. The molecule has 15 heteroatoms. The number of aromatic amines is 1. The highest BCUT2D eigenvalue weighted by Gasteiger charge is 2.25. The highest BCUT2D eigenvalue weighted by molar-refractivity contribution is 7.92. The van der Waals surface area contributed by atoms with Crippen molar-refractivity contribution in [1.82, 2.24) is 19.9 Å². The third-order valence-electron chi connectivity index (χ3n) is 8.17. The van der Waals surface area contributed by atoms with Crippen LogP contribution in [-0.2, 0) is 14.8 Å². The van der Waals surface area contributed by atoms with E-state index in [-0.39, 0.29) is 10.6 Å². The van der Waals surface area contributed by atoms with Crippen LogP contribution < -0.4 is 19.8 Å². The molecule has 2 saturated heterocycles. The fourth-order valence-corrected chi connectivity index (χ4v) is 7.42. The number of sulfonamides is 1. The average molecular weight is 681 g/mol. The summed E-state index contributed by atoms with van der Waals surface area (Å²) < 4.78 is 46.7. The molecule has 0 saturated carbocycles. The number of nitrogens with zero attached hydrogens (tertiary/aromatic N) is 5. The molecule has 0 aliphatic carbocycles. The van der Waals surface area contributed by atoms with Crippen LogP contribution >= 0.6 is 23.8 Å². The quantitative estimate of drug-likeness (QED) is 0.210. The summed E-state index contributed by atoms with van der Waals surface area (Å²) in [6, 6.07) is 15.5. The van der Waals surface area contributed by atoms with Gasteiger partial charge in [-0.15, -0.1) is 0 Å². The molecule has 238 valence electrons. The van der Waals surface area contributed by atoms with E-state index in [9.17, 15) is 12.8 Å². The molecule has 3 N–H and O–H groups in total. The first kappa shape index (κ1) is 30.4. The summed E-state index contributed by atoms with van der Waals surface area (Å²) in [5.74, 6) is 0.413. The summed E-state index contributed by atoms with van der Waals surface area (Å²) in [7, 11) is -3.84. The van der Waals surface area contributed by atoms with Crippen molar-refractivity contribution in [2.24, 2.45) is 0 Å². The molecule has 0 unspecified atom stereocenters. The first-order chi connectivity index (χ1) is 22.2. The fraction of sp³-hybridized carbons (Fsp3) is 0.258. The Morgan fingerprint density at radius 1 is 0.913 bits per heavy atom. The van der Waals surface area contributed by atoms with Gasteiger partial charge in [0.2, 0.25) is 0 Å². The van der Waals surface area contributed by atoms with Gasteiger partial charge in [-0.2, -0.15) is 0 Å². The van der Waals surface area contributed by atoms with E-state index in [0.717, 1.165) is 46.5 Å². The zero-order chi connectivity index (χ0) is 31.8. The van der Waals surface area contributed by atoms with E-state index in [4.69, 9.17) is 33.5 Å². The smallest absolute Gasteiger partial charge is 0.261 e. The van der Waals surface area contributed by atoms with Gasteiger partial charge in [-0.3, -0.25) is 4.72 Å². The van der Waals surface area contributed by atoms with Gasteiger partial charge in [-0.05, 0) is 72.9 Å². The molecule has 4 heterocycles. The van der Waals surface area contributed by atoms with Gasteiger partial charge in [0.05, 0.1) is 34.2 Å². The molecule has 11 nitrogen and oxygen atoms in total. The number of nitrogens with one attached hydrogen (secondary N) is 3. The number of thiocarbonyl (C=S) groups is 1. The van der Waals surface area contributed by atoms with Crippen LogP contribution in [0.1, 0.15) is 0 Å². The van der Waals surface area contributed by atoms with Crippen LogP contribution in [0.5, 0.6) is 0 Å². The van der Waals surface area contributed by atoms with Crippen LogP contribution in [-0.4, -0.2) is 85.9 Å². The number of piperazine rings is 1. The Balaban J connectivity index is 1.02. The van der Waals surface area contributed by atoms with Crippen molar-refractivity contribution in [2.75, 3.05) is 72.3 Å². The summed E-state index contributed by atoms with van der Waals surface area (Å²) in [4.78, 5) is 19.3. The van der Waals surface area contributed by atoms with Crippen LogP contribution in [0.2, 0.25) is 5.02 Å². The van der Waals surface area contributed by atoms with Gasteiger partial charge in [-0.25, -0.2) is 22.8 Å². The Morgan fingerprint density at radius 2 is 1.61 bits per heavy atom. The molecular weight excluding hydrogens is 651 g/mol. The van der Waals surface area contributed by atoms with Crippen LogP contribution in [0.15, 0.2) is 71.9 Å². The second-order valence-electron chi connectivity index (χ2n) is 11.0. The Hall–Kier alpha value is -4.24. The van der Waals surface area contributed by atoms with E-state index in [1.54, 1.807) is 18.5 Å². The zero-order valence-electron chi connectivity index (χ0n) is 24.5. The maximum Gasteiger partial charge on any atom is 0.261 e. The van der Waals surface area contributed by atoms with Gasteiger partial charge in [0.25, 0.3) is 10.0 Å². The molecule has 2 aliphatic heterocycles. The third kappa shape index (κ3) is 6.12. The number of fused-ring (bicyclic) bond motifs is 3. The SMILES string of the molecule is O=S(=O)(Nc1ccc(F)cc1)c1ccc(NC(=S)N2CCN(c3ncnc4[nH]c5cc(Cl)c(N6CCOCC6)cc5c34)CC2)cc1. The van der Waals surface area contributed by atoms with Crippen molar-refractivity contribution in [1.29, 1.82) is 0 Å². The number of aromatic nitrogens is 3. The number of benzene rings is 3. The first-order valence-electron chi connectivity index (χ1n) is 14.7. The van der Waals surface area contributed by atoms with Crippen molar-refractivity contribution < 1.29 is 17.5 Å². The minimum atomic E-state index is -3.84. The highest BCUT2D eigenvalue weighted by Crippen LogP contribution is 2.38. The molecule has 5 aromatic rings. The normalized spacial score (nSPS) is 15.8. The van der Waals surface area contributed by atoms with Crippen LogP contribution in [0.3, 0.4) is 0 Å². The van der Waals surface area contributed by atoms with Crippen LogP contribution in [0.4, 0.5) is 27.3 Å². The predicted molar refractivity (Wildman–Crippen MR) is 183 cm³/mol. The molecule has 0 bridgehead atoms. The fourth-order valence-electron chi connectivity index (χ4n) is 5.78. The maximum absolute atomic E-state index is 13.2. The number of anilines is 4. The lowest BCUT2D eigenvalue weighted by atomic mass is 10.1. The van der Waals surface area contributed by atoms with E-state index >= 15 is 0 Å². The topological polar surface area (TPSA) is 119 Å². The lowest BCUT2D eigenvalue weighted by Gasteiger charge is -2.37. The van der Waals surface area contributed by atoms with Crippen molar-refractivity contribution in [3.8, 4) is 0 Å². The number of halogens is 2. The van der Waals surface area contributed by atoms with Gasteiger partial charge in [0.1, 0.15) is 23.6 Å². The van der Waals surface area contributed by atoms with Crippen molar-refractivity contribution in [2.45, 2.75) is 4.90 Å². The van der Waals surface area contributed by atoms with E-state index in [2.05, 4.69) is 40.8 Å². The average Bonchev–Trinajstić information content (AvgIpc) is 3.43. The largest absolute Gasteiger partial charge is 0.378 e. The minimum Gasteiger partial charge on any atom is -0.378 e. The second-order valence-corrected chi connectivity index (χ2v) is 13.5. The number of hydrogen-bond acceptors (Lipinski definition) is 8. The van der Waals surface area contributed by atoms with Gasteiger partial charge < -0.3 is 29.7 Å². The van der Waals surface area contributed by atoms with Crippen LogP contribution in [0, 0.1) is 5.82 Å². The molecule has 2 fully saturated rings. The summed E-state index contributed by atoms with van der Waals surface area (Å²) >= 11 is 12.4. The minimum absolute atomic E-state index is 0.0784. The van der Waals surface area contributed by atoms with Gasteiger partial charge >= 0.3 is 0 Å². The Morgan fingerprint density at radius 3 is 2.33 bits per heavy atom. The summed E-state index contributed by atoms with van der Waals surface area (Å²) in [5, 5.41) is 6.43. The summed E-state index contributed by atoms with van der Waals surface area (Å²) in [6.07, 6.45) is 1.58. The van der Waals surface area contributed by atoms with Crippen LogP contribution in [0.25, 0.3) is 21.9 Å². The van der Waals surface area contributed by atoms with Gasteiger partial charge in [-0.1, -0.05) is 11.6 Å². The molecule has 0 radical (unpaired) electrons. The highest BCUT2D eigenvalue weighted by atomic mass is 35.5. The van der Waals surface area contributed by atoms with Gasteiger partial charge in [0.15, 0.2) is 5.11 Å². The molecule has 0 spiro atoms. The van der Waals surface area contributed by atoms with E-state index in [1.807, 2.05) is 6.07 Å². The molecule has 3 aromatic carbocycles. The van der Waals surface area contributed by atoms with Crippen molar-refractivity contribution in [3.05, 3.63) is 77.8 Å². The third-order valence-corrected chi connectivity index (χ3v) is 10.2. The second kappa shape index (κ2) is 12.5. The predicted octanol–water partition coefficient (Wildman–Crippen LogP) is 5.06. The standard InChI is InChI=1S/C31H30ClFN8O3S2/c32-25-18-26-24(17-27(25)39-13-15-44-16-14-39)28-29(37-26)34-19-35-30(28)40-9-11-41(12-10-40)31(45)36-21-5-7-23(8-6-21)46(42,43)38-22-3-1-20(33)2-4-22/h1-8,17-19,38H,9-16H2,(H,36,45)(H,34,35,37). The van der Waals surface area contributed by atoms with Crippen molar-refractivity contribution >= 4 is 83.8 Å². The molecule has 0 atom stereocenters. The summed E-state index contributed by atoms with van der Waals surface area (Å²) in [5.41, 5.74) is 3.59. The molecule has 46 heavy (non-hydrogen) atoms. The Bertz CT molecular complexity index is 2010. The number of rotatable bonds is 6. The number of morpholine rings is 1. The van der Waals surface area contributed by atoms with E-state index < -0.39 is 15.8 Å². The van der Waals surface area contributed by atoms with Crippen molar-refractivity contribution in [3.63, 3.8) is 0 Å². The zero-order valence-corrected chi connectivity index (χ0v) is 26.9. The lowest BCUT2D eigenvalue weighted by Crippen LogP contribution is -2.50. The first-order valence-corrected chi connectivity index (χ1v) is 17.0.